The molecule has 0 saturated carbocycles. The Labute approximate surface area is 157 Å². The third kappa shape index (κ3) is 4.41. The number of phenols is 1. The molecule has 2 aromatic carbocycles. The van der Waals surface area contributed by atoms with Crippen molar-refractivity contribution in [2.75, 3.05) is 28.4 Å². The Kier molecular flexibility index (Phi) is 6.48. The molecular weight excluding hydrogens is 352 g/mol. The van der Waals surface area contributed by atoms with E-state index in [2.05, 4.69) is 10.5 Å². The van der Waals surface area contributed by atoms with E-state index in [-0.39, 0.29) is 11.3 Å². The highest BCUT2D eigenvalue weighted by atomic mass is 16.5. The predicted molar refractivity (Wildman–Crippen MR) is 100 cm³/mol. The maximum absolute atomic E-state index is 12.4. The van der Waals surface area contributed by atoms with E-state index in [4.69, 9.17) is 18.9 Å². The van der Waals surface area contributed by atoms with Crippen molar-refractivity contribution in [3.63, 3.8) is 0 Å². The second-order valence-electron chi connectivity index (χ2n) is 5.44. The van der Waals surface area contributed by atoms with E-state index in [1.54, 1.807) is 19.1 Å². The molecule has 0 fully saturated rings. The molecule has 2 rings (SSSR count). The van der Waals surface area contributed by atoms with Crippen LogP contribution in [0.15, 0.2) is 35.4 Å². The topological polar surface area (TPSA) is 98.6 Å². The lowest BCUT2D eigenvalue weighted by Gasteiger charge is -2.13. The Morgan fingerprint density at radius 3 is 2.07 bits per heavy atom. The van der Waals surface area contributed by atoms with Gasteiger partial charge in [-0.1, -0.05) is 0 Å². The third-order valence-corrected chi connectivity index (χ3v) is 3.85. The first-order valence-electron chi connectivity index (χ1n) is 7.97. The fourth-order valence-corrected chi connectivity index (χ4v) is 2.42. The van der Waals surface area contributed by atoms with Crippen molar-refractivity contribution in [3.05, 3.63) is 41.5 Å². The van der Waals surface area contributed by atoms with Gasteiger partial charge < -0.3 is 24.1 Å². The molecule has 0 aliphatic rings. The molecule has 0 aliphatic heterocycles. The number of benzene rings is 2. The number of ether oxygens (including phenoxy) is 4. The number of methoxy groups -OCH3 is 4. The summed E-state index contributed by atoms with van der Waals surface area (Å²) in [5, 5.41) is 14.1. The Hall–Kier alpha value is -3.42. The summed E-state index contributed by atoms with van der Waals surface area (Å²) in [6.07, 6.45) is 0. The highest BCUT2D eigenvalue weighted by molar-refractivity contribution is 6.03. The average molecular weight is 374 g/mol. The van der Waals surface area contributed by atoms with Gasteiger partial charge in [0.15, 0.2) is 11.5 Å². The molecular formula is C19H22N2O6. The second-order valence-corrected chi connectivity index (χ2v) is 5.44. The van der Waals surface area contributed by atoms with Gasteiger partial charge in [-0.15, -0.1) is 0 Å². The first kappa shape index (κ1) is 19.9. The lowest BCUT2D eigenvalue weighted by molar-refractivity contribution is 0.0954. The normalized spacial score (nSPS) is 10.9. The minimum absolute atomic E-state index is 0.00219. The number of nitrogens with zero attached hydrogens (tertiary/aromatic N) is 1. The van der Waals surface area contributed by atoms with Crippen molar-refractivity contribution in [1.29, 1.82) is 0 Å². The van der Waals surface area contributed by atoms with Crippen LogP contribution >= 0.6 is 0 Å². The number of nitrogens with one attached hydrogen (secondary N) is 1. The Morgan fingerprint density at radius 1 is 0.963 bits per heavy atom. The molecule has 1 amide bonds. The van der Waals surface area contributed by atoms with Gasteiger partial charge in [-0.2, -0.15) is 5.10 Å². The lowest BCUT2D eigenvalue weighted by Crippen LogP contribution is -2.19. The molecule has 0 atom stereocenters. The number of aromatic hydroxyl groups is 1. The molecule has 0 radical (unpaired) electrons. The van der Waals surface area contributed by atoms with Gasteiger partial charge in [0.25, 0.3) is 5.91 Å². The van der Waals surface area contributed by atoms with Gasteiger partial charge in [0, 0.05) is 17.2 Å². The van der Waals surface area contributed by atoms with E-state index < -0.39 is 5.91 Å². The van der Waals surface area contributed by atoms with Crippen molar-refractivity contribution in [1.82, 2.24) is 5.43 Å². The standard InChI is InChI=1S/C19H22N2O6/c1-11(14-7-6-13(24-2)10-15(14)22)20-21-19(23)12-8-16(25-3)18(27-5)17(9-12)26-4/h6-10,22H,1-5H3,(H,21,23). The highest BCUT2D eigenvalue weighted by Crippen LogP contribution is 2.38. The van der Waals surface area contributed by atoms with Crippen LogP contribution in [0.1, 0.15) is 22.8 Å². The lowest BCUT2D eigenvalue weighted by atomic mass is 10.1. The zero-order chi connectivity index (χ0) is 20.0. The van der Waals surface area contributed by atoms with Gasteiger partial charge in [0.2, 0.25) is 5.75 Å². The summed E-state index contributed by atoms with van der Waals surface area (Å²) in [7, 11) is 5.92. The van der Waals surface area contributed by atoms with Crippen molar-refractivity contribution in [3.8, 4) is 28.7 Å². The maximum Gasteiger partial charge on any atom is 0.271 e. The number of carbonyl (C=O) groups is 1. The number of hydrogen-bond donors (Lipinski definition) is 2. The fraction of sp³-hybridized carbons (Fsp3) is 0.263. The molecule has 0 bridgehead atoms. The van der Waals surface area contributed by atoms with Crippen LogP contribution in [-0.2, 0) is 0 Å². The highest BCUT2D eigenvalue weighted by Gasteiger charge is 2.17. The summed E-state index contributed by atoms with van der Waals surface area (Å²) in [5.41, 5.74) is 3.63. The summed E-state index contributed by atoms with van der Waals surface area (Å²) in [6, 6.07) is 7.85. The molecule has 0 unspecified atom stereocenters. The van der Waals surface area contributed by atoms with E-state index in [9.17, 15) is 9.90 Å². The van der Waals surface area contributed by atoms with Gasteiger partial charge in [0.1, 0.15) is 11.5 Å². The zero-order valence-electron chi connectivity index (χ0n) is 15.8. The molecule has 144 valence electrons. The number of phenolic OH excluding ortho intramolecular Hbond substituents is 1. The van der Waals surface area contributed by atoms with Gasteiger partial charge in [-0.3, -0.25) is 4.79 Å². The molecule has 0 spiro atoms. The van der Waals surface area contributed by atoms with Crippen molar-refractivity contribution in [2.45, 2.75) is 6.92 Å². The van der Waals surface area contributed by atoms with Crippen LogP contribution in [0, 0.1) is 0 Å². The molecule has 2 aromatic rings. The summed E-state index contributed by atoms with van der Waals surface area (Å²) in [6.45, 7) is 1.66. The van der Waals surface area contributed by atoms with Gasteiger partial charge >= 0.3 is 0 Å². The second kappa shape index (κ2) is 8.79. The zero-order valence-corrected chi connectivity index (χ0v) is 15.8. The van der Waals surface area contributed by atoms with E-state index in [0.29, 0.717) is 34.3 Å². The number of hydrazone groups is 1. The fourth-order valence-electron chi connectivity index (χ4n) is 2.42. The summed E-state index contributed by atoms with van der Waals surface area (Å²) < 4.78 is 20.8. The van der Waals surface area contributed by atoms with Crippen LogP contribution in [0.4, 0.5) is 0 Å². The maximum atomic E-state index is 12.4. The van der Waals surface area contributed by atoms with Crippen LogP contribution in [-0.4, -0.2) is 45.2 Å². The Morgan fingerprint density at radius 2 is 1.59 bits per heavy atom. The van der Waals surface area contributed by atoms with Crippen LogP contribution in [0.2, 0.25) is 0 Å². The number of rotatable bonds is 7. The van der Waals surface area contributed by atoms with Crippen LogP contribution in [0.3, 0.4) is 0 Å². The van der Waals surface area contributed by atoms with Crippen LogP contribution < -0.4 is 24.4 Å². The molecule has 0 saturated heterocycles. The Balaban J connectivity index is 2.25. The van der Waals surface area contributed by atoms with E-state index in [1.165, 1.54) is 46.6 Å². The van der Waals surface area contributed by atoms with Crippen molar-refractivity contribution < 1.29 is 28.8 Å². The van der Waals surface area contributed by atoms with E-state index >= 15 is 0 Å². The Bertz CT molecular complexity index is 838. The quantitative estimate of drug-likeness (QED) is 0.571. The smallest absolute Gasteiger partial charge is 0.271 e. The predicted octanol–water partition coefficient (Wildman–Crippen LogP) is 2.58. The molecule has 0 heterocycles. The minimum Gasteiger partial charge on any atom is -0.507 e. The molecule has 2 N–H and O–H groups in total. The van der Waals surface area contributed by atoms with Gasteiger partial charge in [-0.25, -0.2) is 5.43 Å². The number of hydrogen-bond acceptors (Lipinski definition) is 7. The van der Waals surface area contributed by atoms with Crippen molar-refractivity contribution in [2.24, 2.45) is 5.10 Å². The number of amides is 1. The summed E-state index contributed by atoms with van der Waals surface area (Å²) in [4.78, 5) is 12.4. The van der Waals surface area contributed by atoms with Gasteiger partial charge in [-0.05, 0) is 31.2 Å². The van der Waals surface area contributed by atoms with Gasteiger partial charge in [0.05, 0.1) is 34.2 Å². The van der Waals surface area contributed by atoms with Crippen LogP contribution in [0.5, 0.6) is 28.7 Å². The molecule has 0 aromatic heterocycles. The SMILES string of the molecule is COc1ccc(C(C)=NNC(=O)c2cc(OC)c(OC)c(OC)c2)c(O)c1. The molecule has 8 nitrogen and oxygen atoms in total. The molecule has 8 heteroatoms. The minimum atomic E-state index is -0.471. The van der Waals surface area contributed by atoms with Crippen molar-refractivity contribution >= 4 is 11.6 Å². The first-order valence-corrected chi connectivity index (χ1v) is 7.97. The van der Waals surface area contributed by atoms with Crippen LogP contribution in [0.25, 0.3) is 0 Å². The largest absolute Gasteiger partial charge is 0.507 e. The average Bonchev–Trinajstić information content (AvgIpc) is 2.70. The summed E-state index contributed by atoms with van der Waals surface area (Å²) in [5.74, 6) is 1.15. The molecule has 0 aliphatic carbocycles. The number of carbonyl (C=O) groups excluding carboxylic acids is 1. The molecule has 27 heavy (non-hydrogen) atoms. The third-order valence-electron chi connectivity index (χ3n) is 3.85. The van der Waals surface area contributed by atoms with E-state index in [1.807, 2.05) is 0 Å². The monoisotopic (exact) mass is 374 g/mol. The van der Waals surface area contributed by atoms with E-state index in [0.717, 1.165) is 0 Å². The first-order chi connectivity index (χ1) is 12.9. The summed E-state index contributed by atoms with van der Waals surface area (Å²) >= 11 is 0.